The minimum Gasteiger partial charge on any atom is -0.317 e. The van der Waals surface area contributed by atoms with Crippen LogP contribution in [0.25, 0.3) is 0 Å². The highest BCUT2D eigenvalue weighted by molar-refractivity contribution is 7.90. The van der Waals surface area contributed by atoms with E-state index in [1.807, 2.05) is 0 Å². The van der Waals surface area contributed by atoms with E-state index < -0.39 is 16.0 Å². The molecule has 0 amide bonds. The van der Waals surface area contributed by atoms with Crippen LogP contribution in [0.3, 0.4) is 0 Å². The van der Waals surface area contributed by atoms with Gasteiger partial charge in [-0.15, -0.1) is 0 Å². The lowest BCUT2D eigenvalue weighted by molar-refractivity contribution is 0.458. The zero-order chi connectivity index (χ0) is 15.0. The maximum absolute atomic E-state index is 12.8. The molecule has 114 valence electrons. The van der Waals surface area contributed by atoms with Gasteiger partial charge in [0.15, 0.2) is 0 Å². The van der Waals surface area contributed by atoms with Crippen LogP contribution in [0.4, 0.5) is 10.1 Å². The summed E-state index contributed by atoms with van der Waals surface area (Å²) >= 11 is 0. The van der Waals surface area contributed by atoms with Crippen molar-refractivity contribution in [3.63, 3.8) is 0 Å². The van der Waals surface area contributed by atoms with Crippen molar-refractivity contribution in [2.24, 2.45) is 0 Å². The fraction of sp³-hybridized carbons (Fsp3) is 0.538. The molecule has 0 aliphatic rings. The lowest BCUT2D eigenvalue weighted by Crippen LogP contribution is -2.34. The summed E-state index contributed by atoms with van der Waals surface area (Å²) in [5.41, 5.74) is 0.349. The molecule has 0 aliphatic heterocycles. The van der Waals surface area contributed by atoms with Gasteiger partial charge in [0, 0.05) is 19.3 Å². The van der Waals surface area contributed by atoms with Gasteiger partial charge in [-0.25, -0.2) is 4.39 Å². The summed E-state index contributed by atoms with van der Waals surface area (Å²) in [6.45, 7) is 4.22. The monoisotopic (exact) mass is 303 g/mol. The Hall–Kier alpha value is -1.18. The highest BCUT2D eigenvalue weighted by Gasteiger charge is 2.16. The van der Waals surface area contributed by atoms with Crippen LogP contribution in [0, 0.1) is 5.82 Å². The first-order valence-corrected chi connectivity index (χ1v) is 8.10. The van der Waals surface area contributed by atoms with Gasteiger partial charge in [0.1, 0.15) is 5.82 Å². The van der Waals surface area contributed by atoms with Crippen LogP contribution in [-0.4, -0.2) is 39.4 Å². The summed E-state index contributed by atoms with van der Waals surface area (Å²) in [6.07, 6.45) is 1.79. The number of benzene rings is 1. The molecule has 0 bridgehead atoms. The molecule has 20 heavy (non-hydrogen) atoms. The third-order valence-corrected chi connectivity index (χ3v) is 4.25. The van der Waals surface area contributed by atoms with Crippen molar-refractivity contribution in [3.8, 4) is 0 Å². The molecule has 7 heteroatoms. The lowest BCUT2D eigenvalue weighted by Gasteiger charge is -2.18. The Morgan fingerprint density at radius 1 is 1.20 bits per heavy atom. The molecule has 1 aromatic rings. The highest BCUT2D eigenvalue weighted by atomic mass is 32.2. The molecule has 0 fully saturated rings. The molecule has 5 nitrogen and oxygen atoms in total. The SMILES string of the molecule is CCCNCCCN(C)S(=O)(=O)Nc1ccc(F)cc1. The van der Waals surface area contributed by atoms with E-state index in [1.54, 1.807) is 0 Å². The third kappa shape index (κ3) is 5.85. The van der Waals surface area contributed by atoms with Crippen molar-refractivity contribution in [3.05, 3.63) is 30.1 Å². The molecule has 0 spiro atoms. The van der Waals surface area contributed by atoms with E-state index in [2.05, 4.69) is 17.0 Å². The first-order chi connectivity index (χ1) is 9.45. The summed E-state index contributed by atoms with van der Waals surface area (Å²) in [5.74, 6) is -0.400. The Morgan fingerprint density at radius 2 is 1.85 bits per heavy atom. The lowest BCUT2D eigenvalue weighted by atomic mass is 10.3. The number of hydrogen-bond donors (Lipinski definition) is 2. The number of halogens is 1. The van der Waals surface area contributed by atoms with Gasteiger partial charge >= 0.3 is 10.2 Å². The van der Waals surface area contributed by atoms with E-state index in [-0.39, 0.29) is 0 Å². The summed E-state index contributed by atoms with van der Waals surface area (Å²) < 4.78 is 40.4. The van der Waals surface area contributed by atoms with E-state index in [0.29, 0.717) is 12.2 Å². The molecule has 0 aromatic heterocycles. The van der Waals surface area contributed by atoms with Gasteiger partial charge in [-0.2, -0.15) is 12.7 Å². The van der Waals surface area contributed by atoms with Gasteiger partial charge in [0.25, 0.3) is 0 Å². The quantitative estimate of drug-likeness (QED) is 0.684. The maximum Gasteiger partial charge on any atom is 0.301 e. The van der Waals surface area contributed by atoms with Gasteiger partial charge in [0.05, 0.1) is 0 Å². The van der Waals surface area contributed by atoms with Crippen molar-refractivity contribution in [2.45, 2.75) is 19.8 Å². The van der Waals surface area contributed by atoms with Gasteiger partial charge in [-0.1, -0.05) is 6.92 Å². The normalized spacial score (nSPS) is 11.8. The zero-order valence-corrected chi connectivity index (χ0v) is 12.7. The van der Waals surface area contributed by atoms with Crippen molar-refractivity contribution >= 4 is 15.9 Å². The minimum absolute atomic E-state index is 0.349. The Kier molecular flexibility index (Phi) is 6.90. The molecular weight excluding hydrogens is 281 g/mol. The van der Waals surface area contributed by atoms with E-state index in [4.69, 9.17) is 0 Å². The van der Waals surface area contributed by atoms with Crippen LogP contribution in [-0.2, 0) is 10.2 Å². The predicted octanol–water partition coefficient (Wildman–Crippen LogP) is 1.80. The first-order valence-electron chi connectivity index (χ1n) is 6.66. The van der Waals surface area contributed by atoms with Crippen LogP contribution in [0.1, 0.15) is 19.8 Å². The molecule has 1 rings (SSSR count). The Balaban J connectivity index is 2.44. The average Bonchev–Trinajstić information content (AvgIpc) is 2.40. The molecule has 2 N–H and O–H groups in total. The Labute approximate surface area is 120 Å². The molecule has 0 aliphatic carbocycles. The Morgan fingerprint density at radius 3 is 2.45 bits per heavy atom. The molecule has 1 aromatic carbocycles. The molecule has 0 radical (unpaired) electrons. The van der Waals surface area contributed by atoms with E-state index in [9.17, 15) is 12.8 Å². The summed E-state index contributed by atoms with van der Waals surface area (Å²) in [6, 6.07) is 5.21. The number of hydrogen-bond acceptors (Lipinski definition) is 3. The van der Waals surface area contributed by atoms with Crippen LogP contribution >= 0.6 is 0 Å². The Bertz CT molecular complexity index is 491. The van der Waals surface area contributed by atoms with E-state index in [0.717, 1.165) is 25.9 Å². The molecule has 0 unspecified atom stereocenters. The second-order valence-electron chi connectivity index (χ2n) is 4.54. The number of rotatable bonds is 9. The summed E-state index contributed by atoms with van der Waals surface area (Å²) in [7, 11) is -2.07. The second kappa shape index (κ2) is 8.18. The maximum atomic E-state index is 12.8. The number of nitrogens with one attached hydrogen (secondary N) is 2. The smallest absolute Gasteiger partial charge is 0.301 e. The number of anilines is 1. The minimum atomic E-state index is -3.59. The largest absolute Gasteiger partial charge is 0.317 e. The van der Waals surface area contributed by atoms with E-state index in [1.165, 1.54) is 35.6 Å². The molecule has 0 saturated carbocycles. The van der Waals surface area contributed by atoms with Crippen molar-refractivity contribution in [2.75, 3.05) is 31.4 Å². The van der Waals surface area contributed by atoms with E-state index >= 15 is 0 Å². The van der Waals surface area contributed by atoms with Gasteiger partial charge in [-0.05, 0) is 50.2 Å². The van der Waals surface area contributed by atoms with Gasteiger partial charge < -0.3 is 5.32 Å². The zero-order valence-electron chi connectivity index (χ0n) is 11.9. The third-order valence-electron chi connectivity index (χ3n) is 2.75. The van der Waals surface area contributed by atoms with Crippen LogP contribution < -0.4 is 10.0 Å². The molecule has 0 heterocycles. The van der Waals surface area contributed by atoms with Crippen molar-refractivity contribution in [1.82, 2.24) is 9.62 Å². The van der Waals surface area contributed by atoms with Crippen molar-refractivity contribution < 1.29 is 12.8 Å². The topological polar surface area (TPSA) is 61.4 Å². The summed E-state index contributed by atoms with van der Waals surface area (Å²) in [5, 5.41) is 3.21. The van der Waals surface area contributed by atoms with Crippen LogP contribution in [0.2, 0.25) is 0 Å². The fourth-order valence-electron chi connectivity index (χ4n) is 1.59. The molecule has 0 atom stereocenters. The van der Waals surface area contributed by atoms with Crippen LogP contribution in [0.15, 0.2) is 24.3 Å². The fourth-order valence-corrected chi connectivity index (χ4v) is 2.55. The van der Waals surface area contributed by atoms with Gasteiger partial charge in [0.2, 0.25) is 0 Å². The predicted molar refractivity (Wildman–Crippen MR) is 79.4 cm³/mol. The van der Waals surface area contributed by atoms with Crippen LogP contribution in [0.5, 0.6) is 0 Å². The average molecular weight is 303 g/mol. The number of nitrogens with zero attached hydrogens (tertiary/aromatic N) is 1. The second-order valence-corrected chi connectivity index (χ2v) is 6.32. The molecular formula is C13H22FN3O2S. The standard InChI is InChI=1S/C13H22FN3O2S/c1-3-9-15-10-4-11-17(2)20(18,19)16-13-7-5-12(14)6-8-13/h5-8,15-16H,3-4,9-11H2,1-2H3. The molecule has 0 saturated heterocycles. The van der Waals surface area contributed by atoms with Crippen molar-refractivity contribution in [1.29, 1.82) is 0 Å². The first kappa shape index (κ1) is 16.9. The van der Waals surface area contributed by atoms with Gasteiger partial charge in [-0.3, -0.25) is 4.72 Å². The summed E-state index contributed by atoms with van der Waals surface area (Å²) in [4.78, 5) is 0. The highest BCUT2D eigenvalue weighted by Crippen LogP contribution is 2.11.